The lowest BCUT2D eigenvalue weighted by atomic mass is 10.1. The summed E-state index contributed by atoms with van der Waals surface area (Å²) in [7, 11) is 1.45. The first-order valence-corrected chi connectivity index (χ1v) is 6.82. The van der Waals surface area contributed by atoms with Crippen molar-refractivity contribution in [3.63, 3.8) is 0 Å². The third-order valence-corrected chi connectivity index (χ3v) is 3.37. The average Bonchev–Trinajstić information content (AvgIpc) is 2.47. The van der Waals surface area contributed by atoms with Gasteiger partial charge in [-0.3, -0.25) is 4.79 Å². The molecule has 0 aliphatic carbocycles. The topological polar surface area (TPSA) is 58.6 Å². The number of hydrogen-bond donors (Lipinski definition) is 2. The Hall–Kier alpha value is -2.20. The van der Waals surface area contributed by atoms with Crippen molar-refractivity contribution in [3.8, 4) is 11.5 Å². The molecule has 2 aromatic rings. The van der Waals surface area contributed by atoms with E-state index in [9.17, 15) is 9.90 Å². The number of aromatic hydroxyl groups is 1. The van der Waals surface area contributed by atoms with Gasteiger partial charge in [-0.2, -0.15) is 0 Å². The van der Waals surface area contributed by atoms with E-state index in [2.05, 4.69) is 5.32 Å². The molecule has 0 aromatic heterocycles. The van der Waals surface area contributed by atoms with Crippen LogP contribution in [0.2, 0.25) is 5.02 Å². The highest BCUT2D eigenvalue weighted by Crippen LogP contribution is 2.26. The van der Waals surface area contributed by atoms with Crippen LogP contribution in [-0.4, -0.2) is 18.1 Å². The van der Waals surface area contributed by atoms with E-state index in [0.717, 1.165) is 5.56 Å². The van der Waals surface area contributed by atoms with E-state index >= 15 is 0 Å². The molecule has 2 aromatic carbocycles. The molecule has 110 valence electrons. The molecule has 2 N–H and O–H groups in total. The fourth-order valence-corrected chi connectivity index (χ4v) is 2.17. The highest BCUT2D eigenvalue weighted by molar-refractivity contribution is 6.30. The van der Waals surface area contributed by atoms with E-state index in [4.69, 9.17) is 16.3 Å². The molecule has 5 heteroatoms. The molecule has 1 amide bonds. The number of nitrogens with one attached hydrogen (secondary N) is 1. The minimum Gasteiger partial charge on any atom is -0.504 e. The fraction of sp³-hybridized carbons (Fsp3) is 0.188. The van der Waals surface area contributed by atoms with Crippen molar-refractivity contribution in [2.75, 3.05) is 7.11 Å². The highest BCUT2D eigenvalue weighted by Gasteiger charge is 2.13. The summed E-state index contributed by atoms with van der Waals surface area (Å²) in [5, 5.41) is 13.2. The van der Waals surface area contributed by atoms with Crippen LogP contribution < -0.4 is 10.1 Å². The van der Waals surface area contributed by atoms with Gasteiger partial charge in [-0.15, -0.1) is 0 Å². The molecule has 0 fully saturated rings. The first kappa shape index (κ1) is 15.2. The van der Waals surface area contributed by atoms with Crippen LogP contribution in [0.5, 0.6) is 11.5 Å². The number of amides is 1. The summed E-state index contributed by atoms with van der Waals surface area (Å²) in [6.07, 6.45) is 0. The summed E-state index contributed by atoms with van der Waals surface area (Å²) in [6.45, 7) is 1.87. The van der Waals surface area contributed by atoms with E-state index in [1.807, 2.05) is 19.1 Å². The summed E-state index contributed by atoms with van der Waals surface area (Å²) >= 11 is 5.94. The van der Waals surface area contributed by atoms with Crippen molar-refractivity contribution in [1.82, 2.24) is 5.32 Å². The van der Waals surface area contributed by atoms with Crippen LogP contribution in [0.15, 0.2) is 42.5 Å². The smallest absolute Gasteiger partial charge is 0.251 e. The molecule has 0 aliphatic heterocycles. The number of carbonyl (C=O) groups is 1. The molecule has 2 rings (SSSR count). The Labute approximate surface area is 128 Å². The Kier molecular flexibility index (Phi) is 4.70. The molecule has 21 heavy (non-hydrogen) atoms. The Balaban J connectivity index is 2.12. The normalized spacial score (nSPS) is 11.8. The van der Waals surface area contributed by atoms with Gasteiger partial charge >= 0.3 is 0 Å². The molecule has 0 spiro atoms. The van der Waals surface area contributed by atoms with Gasteiger partial charge in [-0.1, -0.05) is 23.7 Å². The van der Waals surface area contributed by atoms with Crippen molar-refractivity contribution < 1.29 is 14.6 Å². The average molecular weight is 306 g/mol. The lowest BCUT2D eigenvalue weighted by Crippen LogP contribution is -2.26. The van der Waals surface area contributed by atoms with Crippen LogP contribution in [0.3, 0.4) is 0 Å². The van der Waals surface area contributed by atoms with Gasteiger partial charge in [0.1, 0.15) is 0 Å². The van der Waals surface area contributed by atoms with E-state index in [1.165, 1.54) is 13.2 Å². The number of phenols is 1. The van der Waals surface area contributed by atoms with Crippen LogP contribution in [-0.2, 0) is 0 Å². The SMILES string of the molecule is COc1ccc(C(=O)NC(C)c2cccc(Cl)c2)cc1O. The summed E-state index contributed by atoms with van der Waals surface area (Å²) in [5.41, 5.74) is 1.27. The van der Waals surface area contributed by atoms with Gasteiger partial charge in [-0.25, -0.2) is 0 Å². The lowest BCUT2D eigenvalue weighted by molar-refractivity contribution is 0.0939. The molecule has 1 unspecified atom stereocenters. The van der Waals surface area contributed by atoms with Gasteiger partial charge in [0.25, 0.3) is 5.91 Å². The Morgan fingerprint density at radius 3 is 2.67 bits per heavy atom. The zero-order valence-corrected chi connectivity index (χ0v) is 12.5. The van der Waals surface area contributed by atoms with Crippen molar-refractivity contribution >= 4 is 17.5 Å². The Bertz CT molecular complexity index is 658. The molecule has 1 atom stereocenters. The molecular weight excluding hydrogens is 290 g/mol. The van der Waals surface area contributed by atoms with E-state index in [1.54, 1.807) is 24.3 Å². The lowest BCUT2D eigenvalue weighted by Gasteiger charge is -2.15. The van der Waals surface area contributed by atoms with Crippen molar-refractivity contribution in [2.45, 2.75) is 13.0 Å². The second-order valence-corrected chi connectivity index (χ2v) is 5.07. The Morgan fingerprint density at radius 1 is 1.29 bits per heavy atom. The third kappa shape index (κ3) is 3.67. The van der Waals surface area contributed by atoms with E-state index in [-0.39, 0.29) is 17.7 Å². The van der Waals surface area contributed by atoms with E-state index < -0.39 is 0 Å². The number of halogens is 1. The Morgan fingerprint density at radius 2 is 2.05 bits per heavy atom. The number of carbonyl (C=O) groups excluding carboxylic acids is 1. The van der Waals surface area contributed by atoms with Crippen molar-refractivity contribution in [3.05, 3.63) is 58.6 Å². The number of ether oxygens (including phenoxy) is 1. The van der Waals surface area contributed by atoms with Gasteiger partial charge in [0.2, 0.25) is 0 Å². The van der Waals surface area contributed by atoms with E-state index in [0.29, 0.717) is 16.3 Å². The second kappa shape index (κ2) is 6.50. The third-order valence-electron chi connectivity index (χ3n) is 3.14. The van der Waals surface area contributed by atoms with Crippen LogP contribution in [0.1, 0.15) is 28.9 Å². The maximum absolute atomic E-state index is 12.2. The summed E-state index contributed by atoms with van der Waals surface area (Å²) in [5.74, 6) is -0.0181. The molecule has 0 heterocycles. The summed E-state index contributed by atoms with van der Waals surface area (Å²) < 4.78 is 4.95. The molecular formula is C16H16ClNO3. The fourth-order valence-electron chi connectivity index (χ4n) is 1.97. The van der Waals surface area contributed by atoms with Crippen LogP contribution in [0.25, 0.3) is 0 Å². The van der Waals surface area contributed by atoms with Crippen molar-refractivity contribution in [1.29, 1.82) is 0 Å². The molecule has 0 saturated heterocycles. The summed E-state index contributed by atoms with van der Waals surface area (Å²) in [4.78, 5) is 12.2. The maximum Gasteiger partial charge on any atom is 0.251 e. The number of benzene rings is 2. The van der Waals surface area contributed by atoms with Gasteiger partial charge in [0.15, 0.2) is 11.5 Å². The van der Waals surface area contributed by atoms with Crippen LogP contribution >= 0.6 is 11.6 Å². The largest absolute Gasteiger partial charge is 0.504 e. The molecule has 0 saturated carbocycles. The molecule has 0 aliphatic rings. The minimum absolute atomic E-state index is 0.0689. The van der Waals surface area contributed by atoms with Gasteiger partial charge in [0.05, 0.1) is 13.2 Å². The monoisotopic (exact) mass is 305 g/mol. The second-order valence-electron chi connectivity index (χ2n) is 4.64. The summed E-state index contributed by atoms with van der Waals surface area (Å²) in [6, 6.07) is 11.6. The zero-order chi connectivity index (χ0) is 15.4. The molecule has 0 bridgehead atoms. The number of rotatable bonds is 4. The van der Waals surface area contributed by atoms with Gasteiger partial charge in [0, 0.05) is 10.6 Å². The van der Waals surface area contributed by atoms with Gasteiger partial charge < -0.3 is 15.2 Å². The molecule has 4 nitrogen and oxygen atoms in total. The maximum atomic E-state index is 12.2. The number of phenolic OH excluding ortho intramolecular Hbond substituents is 1. The highest BCUT2D eigenvalue weighted by atomic mass is 35.5. The predicted octanol–water partition coefficient (Wildman–Crippen LogP) is 3.55. The van der Waals surface area contributed by atoms with Gasteiger partial charge in [-0.05, 0) is 42.8 Å². The predicted molar refractivity (Wildman–Crippen MR) is 82.0 cm³/mol. The zero-order valence-electron chi connectivity index (χ0n) is 11.8. The minimum atomic E-state index is -0.277. The number of methoxy groups -OCH3 is 1. The molecule has 0 radical (unpaired) electrons. The van der Waals surface area contributed by atoms with Crippen molar-refractivity contribution in [2.24, 2.45) is 0 Å². The van der Waals surface area contributed by atoms with Crippen LogP contribution in [0.4, 0.5) is 0 Å². The van der Waals surface area contributed by atoms with Crippen LogP contribution in [0, 0.1) is 0 Å². The number of hydrogen-bond acceptors (Lipinski definition) is 3. The standard InChI is InChI=1S/C16H16ClNO3/c1-10(11-4-3-5-13(17)8-11)18-16(20)12-6-7-15(21-2)14(19)9-12/h3-10,19H,1-2H3,(H,18,20). The first-order chi connectivity index (χ1) is 10.0. The quantitative estimate of drug-likeness (QED) is 0.908. The first-order valence-electron chi connectivity index (χ1n) is 6.44.